The van der Waals surface area contributed by atoms with Gasteiger partial charge in [-0.25, -0.2) is 4.79 Å². The molecule has 7 atom stereocenters. The Labute approximate surface area is 263 Å². The Bertz CT molecular complexity index is 1600. The number of ether oxygens (including phenoxy) is 5. The molecule has 10 heteroatoms. The number of phenolic OH excluding ortho intramolecular Hbond substituents is 1. The van der Waals surface area contributed by atoms with E-state index in [1.54, 1.807) is 0 Å². The van der Waals surface area contributed by atoms with Gasteiger partial charge in [0, 0.05) is 48.7 Å². The number of aromatic hydroxyl groups is 1. The fourth-order valence-electron chi connectivity index (χ4n) is 8.95. The monoisotopic (exact) mass is 624 g/mol. The van der Waals surface area contributed by atoms with Crippen molar-refractivity contribution in [2.24, 2.45) is 11.8 Å². The number of fused-ring (bicyclic) bond motifs is 3. The van der Waals surface area contributed by atoms with Gasteiger partial charge in [0.1, 0.15) is 35.0 Å². The zero-order valence-electron chi connectivity index (χ0n) is 27.7. The number of aliphatic carboxylic acids is 1. The molecular formula is C35H44O10. The van der Waals surface area contributed by atoms with Crippen LogP contribution >= 0.6 is 0 Å². The summed E-state index contributed by atoms with van der Waals surface area (Å²) in [5.74, 6) is -3.23. The fourth-order valence-corrected chi connectivity index (χ4v) is 8.95. The average Bonchev–Trinajstić information content (AvgIpc) is 3.28. The lowest BCUT2D eigenvalue weighted by Crippen LogP contribution is -2.86. The number of benzene rings is 1. The number of carboxylic acid groups (broad SMARTS) is 1. The van der Waals surface area contributed by atoms with E-state index in [4.69, 9.17) is 23.7 Å². The van der Waals surface area contributed by atoms with Crippen LogP contribution in [0.3, 0.4) is 0 Å². The van der Waals surface area contributed by atoms with Gasteiger partial charge in [-0.05, 0) is 54.4 Å². The van der Waals surface area contributed by atoms with E-state index in [1.165, 1.54) is 27.2 Å². The molecule has 1 saturated heterocycles. The molecule has 0 radical (unpaired) electrons. The van der Waals surface area contributed by atoms with Crippen LogP contribution in [0.2, 0.25) is 0 Å². The van der Waals surface area contributed by atoms with Crippen molar-refractivity contribution in [3.63, 3.8) is 0 Å². The number of methoxy groups -OCH3 is 2. The summed E-state index contributed by atoms with van der Waals surface area (Å²) in [5.41, 5.74) is -4.33. The second kappa shape index (κ2) is 9.65. The quantitative estimate of drug-likeness (QED) is 0.320. The Morgan fingerprint density at radius 2 is 1.73 bits per heavy atom. The Morgan fingerprint density at radius 1 is 1.07 bits per heavy atom. The van der Waals surface area contributed by atoms with Crippen molar-refractivity contribution in [2.45, 2.75) is 115 Å². The van der Waals surface area contributed by atoms with Crippen molar-refractivity contribution < 1.29 is 48.3 Å². The number of carbonyl (C=O) groups is 3. The second-order valence-corrected chi connectivity index (χ2v) is 14.7. The number of rotatable bonds is 7. The highest BCUT2D eigenvalue weighted by molar-refractivity contribution is 6.11. The molecule has 0 amide bonds. The van der Waals surface area contributed by atoms with E-state index >= 15 is 4.79 Å². The van der Waals surface area contributed by atoms with Gasteiger partial charge in [-0.2, -0.15) is 0 Å². The molecule has 45 heavy (non-hydrogen) atoms. The first-order valence-corrected chi connectivity index (χ1v) is 15.6. The Morgan fingerprint density at radius 3 is 2.31 bits per heavy atom. The Balaban J connectivity index is 1.72. The number of phenols is 1. The summed E-state index contributed by atoms with van der Waals surface area (Å²) in [7, 11) is 2.86. The van der Waals surface area contributed by atoms with Crippen molar-refractivity contribution >= 4 is 17.5 Å². The summed E-state index contributed by atoms with van der Waals surface area (Å²) in [5, 5.41) is 21.6. The predicted molar refractivity (Wildman–Crippen MR) is 163 cm³/mol. The summed E-state index contributed by atoms with van der Waals surface area (Å²) in [6.45, 7) is 15.0. The molecule has 3 aliphatic heterocycles. The molecule has 3 aliphatic carbocycles. The fraction of sp³-hybridized carbons (Fsp3) is 0.629. The molecule has 1 aromatic carbocycles. The zero-order valence-corrected chi connectivity index (χ0v) is 27.7. The van der Waals surface area contributed by atoms with Gasteiger partial charge in [-0.15, -0.1) is 0 Å². The summed E-state index contributed by atoms with van der Waals surface area (Å²) < 4.78 is 32.5. The average molecular weight is 625 g/mol. The van der Waals surface area contributed by atoms with Crippen LogP contribution in [0.5, 0.6) is 17.2 Å². The van der Waals surface area contributed by atoms with E-state index < -0.39 is 63.3 Å². The first-order valence-electron chi connectivity index (χ1n) is 15.6. The van der Waals surface area contributed by atoms with Crippen molar-refractivity contribution in [1.82, 2.24) is 0 Å². The number of ketones is 2. The number of carbonyl (C=O) groups excluding carboxylic acids is 2. The van der Waals surface area contributed by atoms with Gasteiger partial charge < -0.3 is 33.9 Å². The van der Waals surface area contributed by atoms with Crippen LogP contribution in [0.4, 0.5) is 0 Å². The van der Waals surface area contributed by atoms with Crippen LogP contribution in [0.25, 0.3) is 0 Å². The SMILES string of the molecule is CO[C@H]1C2C(=O)c3c(O)c(CC=C(C)C)c4c(c3O[C@]23C2C[C@@]1(OC)C(=O)[C@@]3(C/C=C(/C)C(=O)O)OC2(C)C)C(C)(C)[C@H](C)O4. The van der Waals surface area contributed by atoms with Gasteiger partial charge in [0.05, 0.1) is 11.5 Å². The van der Waals surface area contributed by atoms with Crippen LogP contribution in [0, 0.1) is 11.8 Å². The normalized spacial score (nSPS) is 36.5. The Kier molecular flexibility index (Phi) is 6.81. The summed E-state index contributed by atoms with van der Waals surface area (Å²) in [6, 6.07) is 0. The minimum Gasteiger partial charge on any atom is -0.507 e. The maximum absolute atomic E-state index is 15.2. The van der Waals surface area contributed by atoms with E-state index in [0.29, 0.717) is 23.3 Å². The van der Waals surface area contributed by atoms with E-state index in [9.17, 15) is 19.8 Å². The zero-order chi connectivity index (χ0) is 33.2. The van der Waals surface area contributed by atoms with Gasteiger partial charge >= 0.3 is 5.97 Å². The largest absolute Gasteiger partial charge is 0.507 e. The van der Waals surface area contributed by atoms with E-state index in [2.05, 4.69) is 0 Å². The molecule has 2 N–H and O–H groups in total. The van der Waals surface area contributed by atoms with Crippen molar-refractivity contribution in [3.8, 4) is 17.2 Å². The van der Waals surface area contributed by atoms with Gasteiger partial charge in [-0.3, -0.25) is 9.59 Å². The number of hydrogen-bond acceptors (Lipinski definition) is 9. The standard InChI is InChI=1S/C35H44O10/c1-16(2)11-12-19-24(36)21-25(37)22-28(41-9)33(42-10)15-20-32(7,8)45-34(30(33)40,14-13-17(3)29(38)39)35(20,22)44-27(21)23-26(19)43-18(4)31(23,5)6/h11,13,18,20,22,28,36H,12,14-15H2,1-10H3,(H,38,39)/b17-13-/t18-,20?,22?,28-,33-,34+,35+/m0/s1. The Hall–Kier alpha value is -3.21. The first kappa shape index (κ1) is 31.8. The summed E-state index contributed by atoms with van der Waals surface area (Å²) >= 11 is 0. The molecule has 3 saturated carbocycles. The maximum Gasteiger partial charge on any atom is 0.330 e. The van der Waals surface area contributed by atoms with Gasteiger partial charge in [0.15, 0.2) is 22.6 Å². The molecular weight excluding hydrogens is 580 g/mol. The summed E-state index contributed by atoms with van der Waals surface area (Å²) in [6.07, 6.45) is 2.40. The summed E-state index contributed by atoms with van der Waals surface area (Å²) in [4.78, 5) is 42.0. The van der Waals surface area contributed by atoms with Gasteiger partial charge in [-0.1, -0.05) is 31.6 Å². The molecule has 7 rings (SSSR count). The number of hydrogen-bond donors (Lipinski definition) is 2. The molecule has 0 aromatic heterocycles. The van der Waals surface area contributed by atoms with Gasteiger partial charge in [0.25, 0.3) is 0 Å². The van der Waals surface area contributed by atoms with Crippen molar-refractivity contribution in [3.05, 3.63) is 40.0 Å². The maximum atomic E-state index is 15.2. The topological polar surface area (TPSA) is 138 Å². The third-order valence-electron chi connectivity index (χ3n) is 11.5. The molecule has 4 fully saturated rings. The molecule has 6 aliphatic rings. The van der Waals surface area contributed by atoms with Crippen LogP contribution in [0.15, 0.2) is 23.3 Å². The third kappa shape index (κ3) is 3.64. The smallest absolute Gasteiger partial charge is 0.330 e. The van der Waals surface area contributed by atoms with E-state index in [-0.39, 0.29) is 41.6 Å². The third-order valence-corrected chi connectivity index (χ3v) is 11.5. The highest BCUT2D eigenvalue weighted by Gasteiger charge is 2.90. The molecule has 10 nitrogen and oxygen atoms in total. The van der Waals surface area contributed by atoms with Crippen LogP contribution in [-0.2, 0) is 35.6 Å². The highest BCUT2D eigenvalue weighted by Crippen LogP contribution is 2.72. The van der Waals surface area contributed by atoms with Crippen LogP contribution in [-0.4, -0.2) is 76.6 Å². The lowest BCUT2D eigenvalue weighted by atomic mass is 9.44. The molecule has 3 heterocycles. The molecule has 2 unspecified atom stereocenters. The van der Waals surface area contributed by atoms with E-state index in [0.717, 1.165) is 5.57 Å². The number of Topliss-reactive ketones (excluding diaryl/α,β-unsaturated/α-hetero) is 2. The van der Waals surface area contributed by atoms with Crippen molar-refractivity contribution in [2.75, 3.05) is 14.2 Å². The minimum absolute atomic E-state index is 0.0273. The van der Waals surface area contributed by atoms with Crippen LogP contribution < -0.4 is 9.47 Å². The lowest BCUT2D eigenvalue weighted by Gasteiger charge is -2.65. The molecule has 1 aromatic rings. The first-order chi connectivity index (χ1) is 20.9. The van der Waals surface area contributed by atoms with E-state index in [1.807, 2.05) is 54.5 Å². The number of allylic oxidation sites excluding steroid dienone is 2. The highest BCUT2D eigenvalue weighted by atomic mass is 16.6. The molecule has 4 bridgehead atoms. The lowest BCUT2D eigenvalue weighted by molar-refractivity contribution is -0.267. The molecule has 1 spiro atoms. The van der Waals surface area contributed by atoms with Crippen LogP contribution in [0.1, 0.15) is 89.7 Å². The van der Waals surface area contributed by atoms with Gasteiger partial charge in [0.2, 0.25) is 5.78 Å². The predicted octanol–water partition coefficient (Wildman–Crippen LogP) is 4.86. The van der Waals surface area contributed by atoms with Crippen molar-refractivity contribution in [1.29, 1.82) is 0 Å². The minimum atomic E-state index is -1.79. The second-order valence-electron chi connectivity index (χ2n) is 14.7. The number of carboxylic acids is 1. The molecule has 244 valence electrons.